The fourth-order valence-electron chi connectivity index (χ4n) is 1.67. The lowest BCUT2D eigenvalue weighted by molar-refractivity contribution is 0.368. The minimum atomic E-state index is -3.60. The van der Waals surface area contributed by atoms with E-state index >= 15 is 0 Å². The maximum absolute atomic E-state index is 12.2. The van der Waals surface area contributed by atoms with Gasteiger partial charge in [0.15, 0.2) is 6.61 Å². The van der Waals surface area contributed by atoms with Crippen molar-refractivity contribution < 1.29 is 13.2 Å². The Morgan fingerprint density at radius 1 is 1.10 bits per heavy atom. The number of ether oxygens (including phenoxy) is 1. The van der Waals surface area contributed by atoms with Crippen LogP contribution in [0.5, 0.6) is 5.75 Å². The summed E-state index contributed by atoms with van der Waals surface area (Å²) in [5, 5.41) is 8.41. The first kappa shape index (κ1) is 14.9. The molecule has 0 saturated carbocycles. The van der Waals surface area contributed by atoms with E-state index in [1.165, 1.54) is 0 Å². The molecule has 1 N–H and O–H groups in total. The SMILES string of the molecule is Cc1ccc(S(=O)(=O)Nc2ccc(OCC#N)cc2)cc1. The number of benzene rings is 2. The number of nitrogens with zero attached hydrogens (tertiary/aromatic N) is 1. The molecule has 108 valence electrons. The van der Waals surface area contributed by atoms with Crippen molar-refractivity contribution >= 4 is 15.7 Å². The lowest BCUT2D eigenvalue weighted by atomic mass is 10.2. The summed E-state index contributed by atoms with van der Waals surface area (Å²) in [4.78, 5) is 0.206. The van der Waals surface area contributed by atoms with E-state index in [4.69, 9.17) is 10.00 Å². The van der Waals surface area contributed by atoms with Gasteiger partial charge in [-0.3, -0.25) is 4.72 Å². The van der Waals surface area contributed by atoms with Gasteiger partial charge in [0.25, 0.3) is 10.0 Å². The maximum Gasteiger partial charge on any atom is 0.261 e. The summed E-state index contributed by atoms with van der Waals surface area (Å²) < 4.78 is 32.0. The van der Waals surface area contributed by atoms with Gasteiger partial charge in [-0.05, 0) is 43.3 Å². The highest BCUT2D eigenvalue weighted by molar-refractivity contribution is 7.92. The number of nitriles is 1. The van der Waals surface area contributed by atoms with Gasteiger partial charge in [0, 0.05) is 5.69 Å². The highest BCUT2D eigenvalue weighted by atomic mass is 32.2. The van der Waals surface area contributed by atoms with Gasteiger partial charge in [0.1, 0.15) is 11.8 Å². The number of aryl methyl sites for hydroxylation is 1. The summed E-state index contributed by atoms with van der Waals surface area (Å²) >= 11 is 0. The number of sulfonamides is 1. The standard InChI is InChI=1S/C15H14N2O3S/c1-12-2-8-15(9-3-12)21(18,19)17-13-4-6-14(7-5-13)20-11-10-16/h2-9,17H,11H2,1H3. The Kier molecular flexibility index (Phi) is 4.45. The first-order chi connectivity index (χ1) is 10.0. The van der Waals surface area contributed by atoms with Crippen molar-refractivity contribution in [2.24, 2.45) is 0 Å². The number of hydrogen-bond donors (Lipinski definition) is 1. The Morgan fingerprint density at radius 3 is 2.29 bits per heavy atom. The second-order valence-corrected chi connectivity index (χ2v) is 6.07. The van der Waals surface area contributed by atoms with Gasteiger partial charge in [-0.2, -0.15) is 5.26 Å². The van der Waals surface area contributed by atoms with Crippen molar-refractivity contribution in [3.8, 4) is 11.8 Å². The fraction of sp³-hybridized carbons (Fsp3) is 0.133. The van der Waals surface area contributed by atoms with E-state index in [0.717, 1.165) is 5.56 Å². The minimum Gasteiger partial charge on any atom is -0.479 e. The first-order valence-corrected chi connectivity index (χ1v) is 7.69. The van der Waals surface area contributed by atoms with Gasteiger partial charge in [0.2, 0.25) is 0 Å². The van der Waals surface area contributed by atoms with Gasteiger partial charge < -0.3 is 4.74 Å². The molecule has 0 aliphatic rings. The molecular formula is C15H14N2O3S. The zero-order chi connectivity index (χ0) is 15.3. The molecule has 0 aromatic heterocycles. The van der Waals surface area contributed by atoms with Crippen LogP contribution in [-0.2, 0) is 10.0 Å². The Labute approximate surface area is 123 Å². The van der Waals surface area contributed by atoms with Crippen LogP contribution >= 0.6 is 0 Å². The number of hydrogen-bond acceptors (Lipinski definition) is 4. The van der Waals surface area contributed by atoms with E-state index < -0.39 is 10.0 Å². The monoisotopic (exact) mass is 302 g/mol. The predicted octanol–water partition coefficient (Wildman–Crippen LogP) is 2.70. The lowest BCUT2D eigenvalue weighted by Crippen LogP contribution is -2.12. The highest BCUT2D eigenvalue weighted by Crippen LogP contribution is 2.19. The van der Waals surface area contributed by atoms with Crippen LogP contribution in [0, 0.1) is 18.3 Å². The fourth-order valence-corrected chi connectivity index (χ4v) is 2.72. The summed E-state index contributed by atoms with van der Waals surface area (Å²) in [5.74, 6) is 0.509. The van der Waals surface area contributed by atoms with E-state index in [1.54, 1.807) is 48.5 Å². The number of nitrogens with one attached hydrogen (secondary N) is 1. The van der Waals surface area contributed by atoms with Crippen molar-refractivity contribution in [1.82, 2.24) is 0 Å². The Balaban J connectivity index is 2.13. The second-order valence-electron chi connectivity index (χ2n) is 4.39. The summed E-state index contributed by atoms with van der Waals surface area (Å²) in [6.07, 6.45) is 0. The van der Waals surface area contributed by atoms with Crippen LogP contribution in [0.2, 0.25) is 0 Å². The number of anilines is 1. The van der Waals surface area contributed by atoms with E-state index in [-0.39, 0.29) is 11.5 Å². The van der Waals surface area contributed by atoms with Crippen LogP contribution in [-0.4, -0.2) is 15.0 Å². The van der Waals surface area contributed by atoms with E-state index in [0.29, 0.717) is 11.4 Å². The van der Waals surface area contributed by atoms with Crippen molar-refractivity contribution in [2.45, 2.75) is 11.8 Å². The molecule has 0 unspecified atom stereocenters. The molecule has 0 amide bonds. The van der Waals surface area contributed by atoms with Gasteiger partial charge in [-0.1, -0.05) is 17.7 Å². The van der Waals surface area contributed by atoms with Gasteiger partial charge in [-0.25, -0.2) is 8.42 Å². The molecule has 2 aromatic rings. The van der Waals surface area contributed by atoms with Crippen LogP contribution < -0.4 is 9.46 Å². The second kappa shape index (κ2) is 6.29. The molecule has 0 saturated heterocycles. The summed E-state index contributed by atoms with van der Waals surface area (Å²) in [5.41, 5.74) is 1.42. The number of rotatable bonds is 5. The van der Waals surface area contributed by atoms with Crippen LogP contribution in [0.25, 0.3) is 0 Å². The average Bonchev–Trinajstić information content (AvgIpc) is 2.47. The molecule has 0 bridgehead atoms. The maximum atomic E-state index is 12.2. The molecular weight excluding hydrogens is 288 g/mol. The van der Waals surface area contributed by atoms with Crippen molar-refractivity contribution in [2.75, 3.05) is 11.3 Å². The predicted molar refractivity (Wildman–Crippen MR) is 79.5 cm³/mol. The van der Waals surface area contributed by atoms with Gasteiger partial charge >= 0.3 is 0 Å². The lowest BCUT2D eigenvalue weighted by Gasteiger charge is -2.09. The zero-order valence-corrected chi connectivity index (χ0v) is 12.2. The van der Waals surface area contributed by atoms with E-state index in [9.17, 15) is 8.42 Å². The third kappa shape index (κ3) is 3.97. The summed E-state index contributed by atoms with van der Waals surface area (Å²) in [6.45, 7) is 1.85. The molecule has 6 heteroatoms. The quantitative estimate of drug-likeness (QED) is 0.921. The molecule has 0 fully saturated rings. The third-order valence-corrected chi connectivity index (χ3v) is 4.14. The minimum absolute atomic E-state index is 0.0472. The van der Waals surface area contributed by atoms with Crippen LogP contribution in [0.4, 0.5) is 5.69 Å². The zero-order valence-electron chi connectivity index (χ0n) is 11.4. The molecule has 0 heterocycles. The molecule has 5 nitrogen and oxygen atoms in total. The molecule has 0 radical (unpaired) electrons. The van der Waals surface area contributed by atoms with E-state index in [1.807, 2.05) is 13.0 Å². The average molecular weight is 302 g/mol. The topological polar surface area (TPSA) is 79.2 Å². The molecule has 0 spiro atoms. The van der Waals surface area contributed by atoms with Crippen molar-refractivity contribution in [3.63, 3.8) is 0 Å². The molecule has 0 aliphatic heterocycles. The normalized spacial score (nSPS) is 10.7. The first-order valence-electron chi connectivity index (χ1n) is 6.20. The van der Waals surface area contributed by atoms with Crippen molar-refractivity contribution in [1.29, 1.82) is 5.26 Å². The van der Waals surface area contributed by atoms with Crippen LogP contribution in [0.3, 0.4) is 0 Å². The Hall–Kier alpha value is -2.52. The van der Waals surface area contributed by atoms with Crippen LogP contribution in [0.15, 0.2) is 53.4 Å². The van der Waals surface area contributed by atoms with Crippen molar-refractivity contribution in [3.05, 3.63) is 54.1 Å². The highest BCUT2D eigenvalue weighted by Gasteiger charge is 2.13. The molecule has 0 atom stereocenters. The summed E-state index contributed by atoms with van der Waals surface area (Å²) in [7, 11) is -3.60. The van der Waals surface area contributed by atoms with E-state index in [2.05, 4.69) is 4.72 Å². The Morgan fingerprint density at radius 2 is 1.71 bits per heavy atom. The van der Waals surface area contributed by atoms with Gasteiger partial charge in [0.05, 0.1) is 4.90 Å². The van der Waals surface area contributed by atoms with Crippen LogP contribution in [0.1, 0.15) is 5.56 Å². The molecule has 0 aliphatic carbocycles. The smallest absolute Gasteiger partial charge is 0.261 e. The largest absolute Gasteiger partial charge is 0.479 e. The molecule has 2 rings (SSSR count). The molecule has 2 aromatic carbocycles. The summed E-state index contributed by atoms with van der Waals surface area (Å²) in [6, 6.07) is 14.8. The molecule has 21 heavy (non-hydrogen) atoms. The van der Waals surface area contributed by atoms with Gasteiger partial charge in [-0.15, -0.1) is 0 Å². The Bertz CT molecular complexity index is 745. The third-order valence-electron chi connectivity index (χ3n) is 2.74.